The van der Waals surface area contributed by atoms with Crippen molar-refractivity contribution < 1.29 is 10.0 Å². The Morgan fingerprint density at radius 1 is 1.10 bits per heavy atom. The molecule has 0 aromatic heterocycles. The van der Waals surface area contributed by atoms with E-state index >= 15 is 0 Å². The van der Waals surface area contributed by atoms with Gasteiger partial charge >= 0.3 is 0 Å². The molecule has 5 nitrogen and oxygen atoms in total. The van der Waals surface area contributed by atoms with Gasteiger partial charge in [-0.1, -0.05) is 29.4 Å². The molecular formula is C14H12IN3O2. The van der Waals surface area contributed by atoms with Crippen LogP contribution in [0.4, 0.5) is 5.69 Å². The summed E-state index contributed by atoms with van der Waals surface area (Å²) in [4.78, 5) is 12.1. The van der Waals surface area contributed by atoms with Gasteiger partial charge in [-0.05, 0) is 46.9 Å². The highest BCUT2D eigenvalue weighted by Gasteiger charge is 2.08. The first-order valence-corrected chi connectivity index (χ1v) is 6.83. The monoisotopic (exact) mass is 381 g/mol. The SMILES string of the molecule is N/C(=N\O)c1ccc(C(=O)Nc2ccccc2I)cc1. The van der Waals surface area contributed by atoms with Gasteiger partial charge in [0.1, 0.15) is 0 Å². The molecule has 0 saturated carbocycles. The van der Waals surface area contributed by atoms with Crippen molar-refractivity contribution in [2.24, 2.45) is 10.9 Å². The lowest BCUT2D eigenvalue weighted by molar-refractivity contribution is 0.102. The molecule has 0 aliphatic rings. The summed E-state index contributed by atoms with van der Waals surface area (Å²) in [5.41, 5.74) is 7.28. The molecule has 0 spiro atoms. The predicted molar refractivity (Wildman–Crippen MR) is 86.1 cm³/mol. The zero-order valence-electron chi connectivity index (χ0n) is 10.4. The minimum atomic E-state index is -0.208. The van der Waals surface area contributed by atoms with E-state index in [-0.39, 0.29) is 11.7 Å². The Bertz CT molecular complexity index is 654. The molecule has 102 valence electrons. The number of benzene rings is 2. The number of nitrogens with one attached hydrogen (secondary N) is 1. The first-order chi connectivity index (χ1) is 9.61. The summed E-state index contributed by atoms with van der Waals surface area (Å²) in [5.74, 6) is -0.199. The van der Waals surface area contributed by atoms with Crippen molar-refractivity contribution in [3.8, 4) is 0 Å². The fourth-order valence-electron chi connectivity index (χ4n) is 1.61. The largest absolute Gasteiger partial charge is 0.409 e. The highest BCUT2D eigenvalue weighted by Crippen LogP contribution is 2.18. The number of oxime groups is 1. The van der Waals surface area contributed by atoms with E-state index in [4.69, 9.17) is 10.9 Å². The van der Waals surface area contributed by atoms with Crippen LogP contribution in [-0.2, 0) is 0 Å². The van der Waals surface area contributed by atoms with E-state index in [0.29, 0.717) is 11.1 Å². The number of hydrogen-bond donors (Lipinski definition) is 3. The summed E-state index contributed by atoms with van der Waals surface area (Å²) < 4.78 is 0.965. The number of rotatable bonds is 3. The number of amidine groups is 1. The van der Waals surface area contributed by atoms with E-state index in [1.807, 2.05) is 24.3 Å². The van der Waals surface area contributed by atoms with Crippen molar-refractivity contribution in [1.29, 1.82) is 0 Å². The number of halogens is 1. The van der Waals surface area contributed by atoms with Gasteiger partial charge in [0, 0.05) is 14.7 Å². The van der Waals surface area contributed by atoms with Crippen LogP contribution in [0.5, 0.6) is 0 Å². The summed E-state index contributed by atoms with van der Waals surface area (Å²) in [7, 11) is 0. The Kier molecular flexibility index (Phi) is 4.57. The van der Waals surface area contributed by atoms with Crippen LogP contribution in [0.2, 0.25) is 0 Å². The first-order valence-electron chi connectivity index (χ1n) is 5.75. The number of nitrogens with two attached hydrogens (primary N) is 1. The maximum atomic E-state index is 12.1. The molecule has 0 unspecified atom stereocenters. The van der Waals surface area contributed by atoms with Gasteiger partial charge in [-0.25, -0.2) is 0 Å². The smallest absolute Gasteiger partial charge is 0.255 e. The number of nitrogens with zero attached hydrogens (tertiary/aromatic N) is 1. The molecule has 0 aliphatic carbocycles. The average Bonchev–Trinajstić information content (AvgIpc) is 2.49. The third kappa shape index (κ3) is 3.27. The van der Waals surface area contributed by atoms with Crippen LogP contribution in [0.1, 0.15) is 15.9 Å². The van der Waals surface area contributed by atoms with Crippen LogP contribution in [0, 0.1) is 3.57 Å². The Balaban J connectivity index is 2.16. The van der Waals surface area contributed by atoms with E-state index in [9.17, 15) is 4.79 Å². The molecule has 2 rings (SSSR count). The Morgan fingerprint density at radius 2 is 1.70 bits per heavy atom. The lowest BCUT2D eigenvalue weighted by Crippen LogP contribution is -2.15. The summed E-state index contributed by atoms with van der Waals surface area (Å²) in [6.07, 6.45) is 0. The molecule has 4 N–H and O–H groups in total. The zero-order valence-corrected chi connectivity index (χ0v) is 12.5. The second-order valence-electron chi connectivity index (χ2n) is 4.00. The molecule has 0 heterocycles. The molecule has 0 fully saturated rings. The molecule has 1 amide bonds. The highest BCUT2D eigenvalue weighted by atomic mass is 127. The molecular weight excluding hydrogens is 369 g/mol. The van der Waals surface area contributed by atoms with Crippen molar-refractivity contribution >= 4 is 40.0 Å². The fraction of sp³-hybridized carbons (Fsp3) is 0. The molecule has 6 heteroatoms. The lowest BCUT2D eigenvalue weighted by atomic mass is 10.1. The van der Waals surface area contributed by atoms with Gasteiger partial charge < -0.3 is 16.3 Å². The Morgan fingerprint density at radius 3 is 2.30 bits per heavy atom. The maximum Gasteiger partial charge on any atom is 0.255 e. The second-order valence-corrected chi connectivity index (χ2v) is 5.16. The van der Waals surface area contributed by atoms with E-state index < -0.39 is 0 Å². The van der Waals surface area contributed by atoms with Gasteiger partial charge in [-0.15, -0.1) is 0 Å². The fourth-order valence-corrected chi connectivity index (χ4v) is 2.13. The normalized spacial score (nSPS) is 11.2. The lowest BCUT2D eigenvalue weighted by Gasteiger charge is -2.07. The molecule has 0 bridgehead atoms. The predicted octanol–water partition coefficient (Wildman–Crippen LogP) is 2.64. The van der Waals surface area contributed by atoms with Gasteiger partial charge in [0.2, 0.25) is 0 Å². The topological polar surface area (TPSA) is 87.7 Å². The standard InChI is InChI=1S/C14H12IN3O2/c15-11-3-1-2-4-12(11)17-14(19)10-7-5-9(6-8-10)13(16)18-20/h1-8,20H,(H2,16,18)(H,17,19). The molecule has 20 heavy (non-hydrogen) atoms. The number of carbonyl (C=O) groups excluding carboxylic acids is 1. The van der Waals surface area contributed by atoms with Crippen LogP contribution in [-0.4, -0.2) is 17.0 Å². The van der Waals surface area contributed by atoms with E-state index in [1.165, 1.54) is 0 Å². The minimum Gasteiger partial charge on any atom is -0.409 e. The summed E-state index contributed by atoms with van der Waals surface area (Å²) >= 11 is 2.16. The molecule has 2 aromatic rings. The number of para-hydroxylation sites is 1. The number of amides is 1. The van der Waals surface area contributed by atoms with Crippen LogP contribution >= 0.6 is 22.6 Å². The second kappa shape index (κ2) is 6.38. The molecule has 0 atom stereocenters. The number of carbonyl (C=O) groups is 1. The minimum absolute atomic E-state index is 0.00886. The van der Waals surface area contributed by atoms with Gasteiger partial charge in [0.15, 0.2) is 5.84 Å². The highest BCUT2D eigenvalue weighted by molar-refractivity contribution is 14.1. The molecule has 0 aliphatic heterocycles. The van der Waals surface area contributed by atoms with E-state index in [1.54, 1.807) is 24.3 Å². The van der Waals surface area contributed by atoms with Crippen LogP contribution < -0.4 is 11.1 Å². The van der Waals surface area contributed by atoms with Crippen molar-refractivity contribution in [1.82, 2.24) is 0 Å². The van der Waals surface area contributed by atoms with Gasteiger partial charge in [-0.2, -0.15) is 0 Å². The summed E-state index contributed by atoms with van der Waals surface area (Å²) in [5, 5.41) is 14.3. The van der Waals surface area contributed by atoms with E-state index in [2.05, 4.69) is 33.1 Å². The van der Waals surface area contributed by atoms with Crippen LogP contribution in [0.3, 0.4) is 0 Å². The molecule has 0 saturated heterocycles. The summed E-state index contributed by atoms with van der Waals surface area (Å²) in [6, 6.07) is 14.0. The van der Waals surface area contributed by atoms with Gasteiger partial charge in [0.05, 0.1) is 5.69 Å². The number of anilines is 1. The van der Waals surface area contributed by atoms with Crippen molar-refractivity contribution in [3.63, 3.8) is 0 Å². The van der Waals surface area contributed by atoms with Crippen molar-refractivity contribution in [2.45, 2.75) is 0 Å². The van der Waals surface area contributed by atoms with Gasteiger partial charge in [0.25, 0.3) is 5.91 Å². The number of hydrogen-bond acceptors (Lipinski definition) is 3. The maximum absolute atomic E-state index is 12.1. The third-order valence-corrected chi connectivity index (χ3v) is 3.61. The van der Waals surface area contributed by atoms with Crippen LogP contribution in [0.25, 0.3) is 0 Å². The van der Waals surface area contributed by atoms with Crippen LogP contribution in [0.15, 0.2) is 53.7 Å². The average molecular weight is 381 g/mol. The third-order valence-electron chi connectivity index (χ3n) is 2.67. The summed E-state index contributed by atoms with van der Waals surface area (Å²) in [6.45, 7) is 0. The van der Waals surface area contributed by atoms with Crippen molar-refractivity contribution in [2.75, 3.05) is 5.32 Å². The van der Waals surface area contributed by atoms with E-state index in [0.717, 1.165) is 9.26 Å². The van der Waals surface area contributed by atoms with Gasteiger partial charge in [-0.3, -0.25) is 4.79 Å². The Hall–Kier alpha value is -2.09. The first kappa shape index (κ1) is 14.3. The quantitative estimate of drug-likeness (QED) is 0.251. The van der Waals surface area contributed by atoms with Crippen molar-refractivity contribution in [3.05, 3.63) is 63.2 Å². The zero-order chi connectivity index (χ0) is 14.5. The molecule has 0 radical (unpaired) electrons. The Labute approximate surface area is 129 Å². The molecule has 2 aromatic carbocycles.